The molecule has 0 heterocycles. The van der Waals surface area contributed by atoms with E-state index in [2.05, 4.69) is 191 Å². The summed E-state index contributed by atoms with van der Waals surface area (Å²) in [6.45, 7) is 2.51. The van der Waals surface area contributed by atoms with Crippen LogP contribution in [0.25, 0.3) is 0 Å². The number of unbranched alkanes of at least 4 members (excludes halogenated alkanes) is 40. The van der Waals surface area contributed by atoms with Crippen LogP contribution in [0.3, 0.4) is 0 Å². The van der Waals surface area contributed by atoms with Gasteiger partial charge >= 0.3 is 33.6 Å². The fourth-order valence-corrected chi connectivity index (χ4v) is 14.7. The van der Waals surface area contributed by atoms with Crippen molar-refractivity contribution in [1.29, 1.82) is 0 Å². The number of phosphoric ester groups is 2. The lowest BCUT2D eigenvalue weighted by molar-refractivity contribution is -0.161. The third kappa shape index (κ3) is 95.4. The molecule has 0 aliphatic carbocycles. The number of aliphatic hydroxyl groups is 2. The van der Waals surface area contributed by atoms with Crippen LogP contribution in [-0.4, -0.2) is 95.9 Å². The average molecular weight is 1730 g/mol. The first-order chi connectivity index (χ1) is 59.2. The second-order valence-electron chi connectivity index (χ2n) is 32.1. The van der Waals surface area contributed by atoms with Crippen LogP contribution in [0.15, 0.2) is 170 Å². The topological polar surface area (TPSA) is 231 Å². The Morgan fingerprint density at radius 1 is 0.240 bits per heavy atom. The molecule has 16 nitrogen and oxygen atoms in total. The van der Waals surface area contributed by atoms with Crippen molar-refractivity contribution in [3.05, 3.63) is 170 Å². The van der Waals surface area contributed by atoms with Gasteiger partial charge < -0.3 is 34.2 Å². The minimum absolute atomic E-state index is 0.0452. The van der Waals surface area contributed by atoms with Crippen LogP contribution >= 0.6 is 15.6 Å². The molecule has 0 saturated heterocycles. The zero-order valence-corrected chi connectivity index (χ0v) is 78.4. The van der Waals surface area contributed by atoms with Crippen molar-refractivity contribution >= 4 is 33.6 Å². The molecule has 0 saturated carbocycles. The van der Waals surface area contributed by atoms with E-state index in [0.717, 1.165) is 135 Å². The number of ether oxygens (including phenoxy) is 3. The Hall–Kier alpha value is -5.09. The van der Waals surface area contributed by atoms with Gasteiger partial charge in [-0.2, -0.15) is 0 Å². The summed E-state index contributed by atoms with van der Waals surface area (Å²) in [5.41, 5.74) is 0. The Balaban J connectivity index is 4.55. The summed E-state index contributed by atoms with van der Waals surface area (Å²) in [6, 6.07) is 0. The first-order valence-electron chi connectivity index (χ1n) is 48.4. The second-order valence-corrected chi connectivity index (χ2v) is 35.0. The molecule has 0 fully saturated rings. The Bertz CT molecular complexity index is 2880. The molecule has 694 valence electrons. The van der Waals surface area contributed by atoms with Crippen LogP contribution in [0.2, 0.25) is 0 Å². The maximum Gasteiger partial charge on any atom is 0.472 e. The number of allylic oxidation sites excluding steroid dienone is 28. The van der Waals surface area contributed by atoms with Crippen LogP contribution in [-0.2, 0) is 55.8 Å². The number of phosphoric acid groups is 2. The van der Waals surface area contributed by atoms with E-state index in [-0.39, 0.29) is 19.3 Å². The van der Waals surface area contributed by atoms with Crippen molar-refractivity contribution in [2.75, 3.05) is 39.6 Å². The summed E-state index contributed by atoms with van der Waals surface area (Å²) < 4.78 is 61.5. The van der Waals surface area contributed by atoms with Crippen molar-refractivity contribution in [1.82, 2.24) is 0 Å². The van der Waals surface area contributed by atoms with Gasteiger partial charge in [0.25, 0.3) is 0 Å². The highest BCUT2D eigenvalue weighted by Crippen LogP contribution is 2.45. The van der Waals surface area contributed by atoms with E-state index in [1.54, 1.807) is 0 Å². The van der Waals surface area contributed by atoms with Crippen LogP contribution in [0.4, 0.5) is 0 Å². The first-order valence-corrected chi connectivity index (χ1v) is 51.4. The van der Waals surface area contributed by atoms with Gasteiger partial charge in [-0.05, 0) is 161 Å². The molecule has 0 spiro atoms. The predicted molar refractivity (Wildman–Crippen MR) is 509 cm³/mol. The summed E-state index contributed by atoms with van der Waals surface area (Å²) in [7, 11) is -9.83. The molecule has 0 aliphatic rings. The molecule has 5 unspecified atom stereocenters. The zero-order chi connectivity index (χ0) is 87.9. The standard InChI is InChI=1S/C103H176O16P2/c1-4-7-10-13-16-19-22-25-28-31-34-37-39-41-43-45-46-47-48-49-50-52-54-55-57-60-62-65-68-71-74-77-80-83-86-89-101(106)113-92-98(104)93-115-120(109,110)116-94-99(105)95-117-121(111,112)118-97-100(119-103(108)91-88-85-82-79-76-73-70-67-64-59-36-33-30-27-24-21-18-15-12-9-6-3)96-114-102(107)90-87-84-81-78-75-72-69-66-63-61-58-56-53-51-44-42-40-38-35-32-29-26-23-20-17-14-11-8-5-2/h9,12,16-21,25-30,34-38,41-44,59,67,70,76,79,98-100,104-105H,4-8,10-11,13-15,22-24,31-33,39-40,45-58,60-66,68-69,71-75,77-78,80-97H2,1-3H3,(H,109,110)(H,111,112)/b12-9-,19-16-,20-17-,21-18-,28-25-,29-26-,30-27-,37-34-,38-35-,43-41-,44-42-,59-36-,70-67-,79-76-. The molecule has 0 rings (SSSR count). The number of rotatable bonds is 91. The van der Waals surface area contributed by atoms with Crippen LogP contribution < -0.4 is 0 Å². The summed E-state index contributed by atoms with van der Waals surface area (Å²) in [6.07, 6.45) is 123. The first kappa shape index (κ1) is 116. The van der Waals surface area contributed by atoms with E-state index in [9.17, 15) is 43.5 Å². The summed E-state index contributed by atoms with van der Waals surface area (Å²) in [4.78, 5) is 59.0. The highest BCUT2D eigenvalue weighted by Gasteiger charge is 2.30. The lowest BCUT2D eigenvalue weighted by Crippen LogP contribution is -2.30. The van der Waals surface area contributed by atoms with Gasteiger partial charge in [-0.3, -0.25) is 32.5 Å². The molecule has 18 heteroatoms. The molecular formula is C103H176O16P2. The van der Waals surface area contributed by atoms with Gasteiger partial charge in [0.2, 0.25) is 0 Å². The predicted octanol–water partition coefficient (Wildman–Crippen LogP) is 30.2. The van der Waals surface area contributed by atoms with Crippen molar-refractivity contribution in [3.63, 3.8) is 0 Å². The van der Waals surface area contributed by atoms with Crippen LogP contribution in [0.5, 0.6) is 0 Å². The highest BCUT2D eigenvalue weighted by molar-refractivity contribution is 7.47. The van der Waals surface area contributed by atoms with Crippen molar-refractivity contribution in [2.45, 2.75) is 424 Å². The Morgan fingerprint density at radius 2 is 0.438 bits per heavy atom. The SMILES string of the molecule is CC/C=C\C/C=C\C/C=C\C/C=C\C/C=C\C/C=C\CCCCC(=O)OC(COC(=O)CCCCCCCCCCCCCCC/C=C\C/C=C\C/C=C\C/C=C\CCCCC)COP(=O)(O)OCC(O)COP(=O)(O)OCC(O)COC(=O)CCCCCCCCCCCCCCCCCCCCC/C=C\C/C=C\C/C=C\C/C=C\CCCCC. The van der Waals surface area contributed by atoms with E-state index in [0.29, 0.717) is 25.7 Å². The number of esters is 3. The van der Waals surface area contributed by atoms with Gasteiger partial charge in [-0.15, -0.1) is 0 Å². The minimum Gasteiger partial charge on any atom is -0.463 e. The van der Waals surface area contributed by atoms with Gasteiger partial charge in [0.15, 0.2) is 6.10 Å². The number of hydrogen-bond acceptors (Lipinski definition) is 14. The molecule has 0 bridgehead atoms. The molecular weight excluding hydrogens is 1560 g/mol. The van der Waals surface area contributed by atoms with Gasteiger partial charge in [-0.1, -0.05) is 396 Å². The monoisotopic (exact) mass is 1730 g/mol. The molecule has 0 aromatic heterocycles. The number of hydrogen-bond donors (Lipinski definition) is 4. The molecule has 0 radical (unpaired) electrons. The van der Waals surface area contributed by atoms with Gasteiger partial charge in [-0.25, -0.2) is 9.13 Å². The summed E-state index contributed by atoms with van der Waals surface area (Å²) in [5, 5.41) is 20.8. The fourth-order valence-electron chi connectivity index (χ4n) is 13.1. The zero-order valence-electron chi connectivity index (χ0n) is 76.6. The lowest BCUT2D eigenvalue weighted by Gasteiger charge is -2.21. The summed E-state index contributed by atoms with van der Waals surface area (Å²) >= 11 is 0. The van der Waals surface area contributed by atoms with Crippen LogP contribution in [0.1, 0.15) is 406 Å². The second kappa shape index (κ2) is 94.1. The smallest absolute Gasteiger partial charge is 0.463 e. The Morgan fingerprint density at radius 3 is 0.711 bits per heavy atom. The van der Waals surface area contributed by atoms with E-state index in [1.807, 2.05) is 0 Å². The lowest BCUT2D eigenvalue weighted by atomic mass is 10.0. The van der Waals surface area contributed by atoms with Gasteiger partial charge in [0.05, 0.1) is 26.4 Å². The quantitative estimate of drug-likeness (QED) is 0.0146. The molecule has 0 aromatic rings. The fraction of sp³-hybridized carbons (Fsp3) is 0.699. The molecule has 121 heavy (non-hydrogen) atoms. The van der Waals surface area contributed by atoms with Gasteiger partial charge in [0.1, 0.15) is 25.4 Å². The highest BCUT2D eigenvalue weighted by atomic mass is 31.2. The number of carbonyl (C=O) groups excluding carboxylic acids is 3. The Kier molecular flexibility index (Phi) is 90.1. The molecule has 0 aromatic carbocycles. The third-order valence-electron chi connectivity index (χ3n) is 20.4. The molecule has 0 aliphatic heterocycles. The van der Waals surface area contributed by atoms with Crippen molar-refractivity contribution in [2.24, 2.45) is 0 Å². The van der Waals surface area contributed by atoms with Gasteiger partial charge in [0, 0.05) is 19.3 Å². The van der Waals surface area contributed by atoms with E-state index in [1.165, 1.54) is 205 Å². The largest absolute Gasteiger partial charge is 0.472 e. The number of aliphatic hydroxyl groups excluding tert-OH is 2. The normalized spacial score (nSPS) is 14.5. The maximum absolute atomic E-state index is 13.1. The van der Waals surface area contributed by atoms with E-state index >= 15 is 0 Å². The third-order valence-corrected chi connectivity index (χ3v) is 22.3. The van der Waals surface area contributed by atoms with E-state index in [4.69, 9.17) is 32.3 Å². The van der Waals surface area contributed by atoms with Crippen LogP contribution in [0, 0.1) is 0 Å². The molecule has 5 atom stereocenters. The van der Waals surface area contributed by atoms with E-state index < -0.39 is 91.5 Å². The Labute approximate surface area is 739 Å². The molecule has 4 N–H and O–H groups in total. The van der Waals surface area contributed by atoms with Crippen molar-refractivity contribution in [3.8, 4) is 0 Å². The van der Waals surface area contributed by atoms with Crippen molar-refractivity contribution < 1.29 is 75.8 Å². The number of carbonyl (C=O) groups is 3. The average Bonchev–Trinajstić information content (AvgIpc) is 0.952. The summed E-state index contributed by atoms with van der Waals surface area (Å²) in [5.74, 6) is -1.62. The molecule has 0 amide bonds. The maximum atomic E-state index is 13.1. The minimum atomic E-state index is -4.96.